The normalized spacial score (nSPS) is 14.8. The number of hydrogen-bond acceptors (Lipinski definition) is 10. The number of amides is 3. The van der Waals surface area contributed by atoms with Crippen LogP contribution < -0.4 is 21.7 Å². The molecule has 0 aromatic heterocycles. The summed E-state index contributed by atoms with van der Waals surface area (Å²) in [6, 6.07) is 12.7. The number of halogens is 3. The number of nitrogens with one attached hydrogen (secondary N) is 3. The Kier molecular flexibility index (Phi) is 22.9. The second-order valence-corrected chi connectivity index (χ2v) is 19.2. The predicted molar refractivity (Wildman–Crippen MR) is 247 cm³/mol. The van der Waals surface area contributed by atoms with E-state index in [4.69, 9.17) is 15.2 Å². The number of hydrogen-bond donors (Lipinski definition) is 4. The van der Waals surface area contributed by atoms with E-state index in [1.54, 1.807) is 60.6 Å². The number of carbonyl (C=O) groups excluding carboxylic acids is 7. The van der Waals surface area contributed by atoms with Crippen LogP contribution in [0.1, 0.15) is 143 Å². The van der Waals surface area contributed by atoms with E-state index in [0.29, 0.717) is 18.4 Å². The summed E-state index contributed by atoms with van der Waals surface area (Å²) >= 11 is 0. The van der Waals surface area contributed by atoms with Gasteiger partial charge in [-0.15, -0.1) is 0 Å². The molecule has 66 heavy (non-hydrogen) atoms. The van der Waals surface area contributed by atoms with Crippen LogP contribution in [-0.2, 0) is 39.9 Å². The Morgan fingerprint density at radius 3 is 1.79 bits per heavy atom. The van der Waals surface area contributed by atoms with Gasteiger partial charge in [-0.1, -0.05) is 75.7 Å². The molecule has 0 saturated carbocycles. The van der Waals surface area contributed by atoms with Crippen LogP contribution in [-0.4, -0.2) is 89.7 Å². The largest absolute Gasteiger partial charge is 0.450 e. The highest BCUT2D eigenvalue weighted by Crippen LogP contribution is 2.26. The average molecular weight is 931 g/mol. The molecule has 0 spiro atoms. The molecule has 0 aliphatic rings. The quantitative estimate of drug-likeness (QED) is 0.0498. The predicted octanol–water partition coefficient (Wildman–Crippen LogP) is 8.42. The molecule has 3 amide bonds. The van der Waals surface area contributed by atoms with Crippen molar-refractivity contribution in [3.63, 3.8) is 0 Å². The second kappa shape index (κ2) is 26.4. The summed E-state index contributed by atoms with van der Waals surface area (Å²) in [5, 5.41) is 7.95. The fourth-order valence-electron chi connectivity index (χ4n) is 7.24. The number of unbranched alkanes of at least 4 members (excludes halogenated alkanes) is 2. The van der Waals surface area contributed by atoms with Crippen LogP contribution in [0.2, 0.25) is 0 Å². The number of alkyl carbamates (subject to hydrolysis) is 1. The first-order valence-electron chi connectivity index (χ1n) is 23.0. The van der Waals surface area contributed by atoms with Crippen molar-refractivity contribution in [2.45, 2.75) is 169 Å². The van der Waals surface area contributed by atoms with Crippen LogP contribution >= 0.6 is 0 Å². The van der Waals surface area contributed by atoms with Crippen molar-refractivity contribution in [3.8, 4) is 11.1 Å². The minimum Gasteiger partial charge on any atom is -0.444 e. The molecule has 2 rings (SSSR count). The number of rotatable bonds is 27. The standard InChI is InChI=1S/C50H73F3N4O9/c1-11-12-15-34-17-19-35(20-18-34)36-21-23-37(24-22-36)40(58)30-38(25-27-55-47(64)66-49(8,9)10)46(63)57-43(33(4)65-48(5,6)7)42(60)29-32(3)45(62)56-39(16-13-14-26-54)41(59)28-31(2)44(61)50(51,52)53/h17-24,31-33,38-39,43H,11-16,25-30,54H2,1-10H3,(H,55,64)(H,56,62)(H,57,63)/t31-,32-,33-,38-,39+,43+/m1/s1. The smallest absolute Gasteiger partial charge is 0.444 e. The molecule has 0 saturated heterocycles. The van der Waals surface area contributed by atoms with Crippen LogP contribution in [0.4, 0.5) is 18.0 Å². The van der Waals surface area contributed by atoms with Crippen molar-refractivity contribution >= 4 is 41.0 Å². The van der Waals surface area contributed by atoms with Crippen LogP contribution in [0.25, 0.3) is 11.1 Å². The van der Waals surface area contributed by atoms with Gasteiger partial charge in [0, 0.05) is 49.1 Å². The Hall–Kier alpha value is -4.96. The van der Waals surface area contributed by atoms with E-state index in [9.17, 15) is 46.7 Å². The van der Waals surface area contributed by atoms with Crippen LogP contribution in [0.5, 0.6) is 0 Å². The summed E-state index contributed by atoms with van der Waals surface area (Å²) in [6.07, 6.45) is -4.25. The third kappa shape index (κ3) is 20.7. The molecule has 368 valence electrons. The summed E-state index contributed by atoms with van der Waals surface area (Å²) < 4.78 is 50.7. The number of ether oxygens (including phenoxy) is 2. The lowest BCUT2D eigenvalue weighted by Crippen LogP contribution is -2.53. The number of benzene rings is 2. The highest BCUT2D eigenvalue weighted by atomic mass is 19.4. The Balaban J connectivity index is 2.36. The molecular formula is C50H73F3N4O9. The van der Waals surface area contributed by atoms with E-state index in [-0.39, 0.29) is 38.1 Å². The van der Waals surface area contributed by atoms with E-state index < -0.39 is 101 Å². The van der Waals surface area contributed by atoms with Gasteiger partial charge in [-0.2, -0.15) is 13.2 Å². The number of aryl methyl sites for hydroxylation is 1. The minimum absolute atomic E-state index is 0.0136. The molecule has 0 bridgehead atoms. The van der Waals surface area contributed by atoms with Gasteiger partial charge in [0.1, 0.15) is 11.6 Å². The SMILES string of the molecule is CCCCc1ccc(-c2ccc(C(=O)C[C@@H](CCNC(=O)OC(C)(C)C)C(=O)N[C@H](C(=O)C[C@@H](C)C(=O)N[C@@H](CCCCN)C(=O)C[C@@H](C)C(=O)C(F)(F)F)[C@@H](C)OC(C)(C)C)cc2)cc1. The van der Waals surface area contributed by atoms with E-state index in [2.05, 4.69) is 35.0 Å². The first-order valence-corrected chi connectivity index (χ1v) is 23.0. The zero-order valence-electron chi connectivity index (χ0n) is 40.5. The van der Waals surface area contributed by atoms with Crippen molar-refractivity contribution in [3.05, 3.63) is 59.7 Å². The van der Waals surface area contributed by atoms with Crippen molar-refractivity contribution < 1.29 is 56.2 Å². The Morgan fingerprint density at radius 2 is 1.26 bits per heavy atom. The summed E-state index contributed by atoms with van der Waals surface area (Å²) in [7, 11) is 0. The van der Waals surface area contributed by atoms with E-state index in [1.807, 2.05) is 24.3 Å². The fourth-order valence-corrected chi connectivity index (χ4v) is 7.24. The summed E-state index contributed by atoms with van der Waals surface area (Å²) in [5.74, 6) is -9.02. The molecule has 2 aromatic carbocycles. The maximum Gasteiger partial charge on any atom is 0.450 e. The number of ketones is 4. The Morgan fingerprint density at radius 1 is 0.682 bits per heavy atom. The summed E-state index contributed by atoms with van der Waals surface area (Å²) in [6.45, 7) is 16.7. The first kappa shape index (κ1) is 57.2. The Labute approximate surface area is 388 Å². The lowest BCUT2D eigenvalue weighted by Gasteiger charge is -2.32. The van der Waals surface area contributed by atoms with Gasteiger partial charge in [-0.3, -0.25) is 28.8 Å². The van der Waals surface area contributed by atoms with Gasteiger partial charge in [0.15, 0.2) is 17.3 Å². The van der Waals surface area contributed by atoms with Gasteiger partial charge < -0.3 is 31.2 Å². The molecule has 6 atom stereocenters. The molecule has 0 unspecified atom stereocenters. The van der Waals surface area contributed by atoms with Crippen LogP contribution in [0.15, 0.2) is 48.5 Å². The van der Waals surface area contributed by atoms with Gasteiger partial charge in [0.25, 0.3) is 0 Å². The van der Waals surface area contributed by atoms with Crippen molar-refractivity contribution in [2.75, 3.05) is 13.1 Å². The minimum atomic E-state index is -5.13. The number of Topliss-reactive ketones (excluding diaryl/α,β-unsaturated/α-hetero) is 4. The van der Waals surface area contributed by atoms with Gasteiger partial charge in [-0.25, -0.2) is 4.79 Å². The van der Waals surface area contributed by atoms with Crippen molar-refractivity contribution in [1.82, 2.24) is 16.0 Å². The molecule has 13 nitrogen and oxygen atoms in total. The number of carbonyl (C=O) groups is 7. The van der Waals surface area contributed by atoms with E-state index >= 15 is 0 Å². The number of alkyl halides is 3. The maximum absolute atomic E-state index is 14.3. The van der Waals surface area contributed by atoms with Gasteiger partial charge in [-0.05, 0) is 110 Å². The molecule has 0 heterocycles. The molecule has 0 radical (unpaired) electrons. The van der Waals surface area contributed by atoms with Gasteiger partial charge >= 0.3 is 12.3 Å². The lowest BCUT2D eigenvalue weighted by atomic mass is 9.91. The molecule has 0 aliphatic heterocycles. The third-order valence-electron chi connectivity index (χ3n) is 10.8. The topological polar surface area (TPSA) is 200 Å². The molecule has 5 N–H and O–H groups in total. The molecule has 0 aliphatic carbocycles. The zero-order chi connectivity index (χ0) is 50.0. The second-order valence-electron chi connectivity index (χ2n) is 19.2. The van der Waals surface area contributed by atoms with Crippen LogP contribution in [0, 0.1) is 17.8 Å². The maximum atomic E-state index is 14.3. The highest BCUT2D eigenvalue weighted by Gasteiger charge is 2.43. The van der Waals surface area contributed by atoms with E-state index in [1.165, 1.54) is 12.5 Å². The zero-order valence-corrected chi connectivity index (χ0v) is 40.5. The molecule has 0 fully saturated rings. The Bertz CT molecular complexity index is 1920. The molecule has 16 heteroatoms. The summed E-state index contributed by atoms with van der Waals surface area (Å²) in [5.41, 5.74) is 7.50. The average Bonchev–Trinajstić information content (AvgIpc) is 3.22. The number of nitrogens with two attached hydrogens (primary N) is 1. The lowest BCUT2D eigenvalue weighted by molar-refractivity contribution is -0.175. The van der Waals surface area contributed by atoms with Gasteiger partial charge in [0.05, 0.1) is 17.7 Å². The highest BCUT2D eigenvalue weighted by molar-refractivity contribution is 6.00. The molecule has 2 aromatic rings. The van der Waals surface area contributed by atoms with Crippen molar-refractivity contribution in [1.29, 1.82) is 0 Å². The molecular weight excluding hydrogens is 858 g/mol. The fraction of sp³-hybridized carbons (Fsp3) is 0.620. The first-order chi connectivity index (χ1) is 30.6. The van der Waals surface area contributed by atoms with Gasteiger partial charge in [0.2, 0.25) is 17.6 Å². The monoisotopic (exact) mass is 931 g/mol. The van der Waals surface area contributed by atoms with Crippen molar-refractivity contribution in [2.24, 2.45) is 23.5 Å². The third-order valence-corrected chi connectivity index (χ3v) is 10.8. The van der Waals surface area contributed by atoms with E-state index in [0.717, 1.165) is 37.3 Å². The van der Waals surface area contributed by atoms with Crippen LogP contribution in [0.3, 0.4) is 0 Å². The summed E-state index contributed by atoms with van der Waals surface area (Å²) in [4.78, 5) is 93.3.